The van der Waals surface area contributed by atoms with E-state index < -0.39 is 0 Å². The highest BCUT2D eigenvalue weighted by molar-refractivity contribution is 5.93. The second-order valence-electron chi connectivity index (χ2n) is 9.98. The average molecular weight is 532 g/mol. The first kappa shape index (κ1) is 26.8. The van der Waals surface area contributed by atoms with E-state index in [9.17, 15) is 4.79 Å². The molecule has 1 fully saturated rings. The fourth-order valence-corrected chi connectivity index (χ4v) is 5.18. The fourth-order valence-electron chi connectivity index (χ4n) is 5.18. The molecule has 7 nitrogen and oxygen atoms in total. The van der Waals surface area contributed by atoms with Gasteiger partial charge in [0.1, 0.15) is 17.6 Å². The predicted molar refractivity (Wildman–Crippen MR) is 158 cm³/mol. The monoisotopic (exact) mass is 531 g/mol. The number of anilines is 2. The van der Waals surface area contributed by atoms with Crippen molar-refractivity contribution in [3.8, 4) is 22.9 Å². The molecule has 1 saturated carbocycles. The molecule has 0 unspecified atom stereocenters. The first-order valence-corrected chi connectivity index (χ1v) is 13.6. The summed E-state index contributed by atoms with van der Waals surface area (Å²) >= 11 is 0. The predicted octanol–water partition coefficient (Wildman–Crippen LogP) is 6.77. The topological polar surface area (TPSA) is 90.3 Å². The highest BCUT2D eigenvalue weighted by Crippen LogP contribution is 2.31. The van der Waals surface area contributed by atoms with Crippen molar-refractivity contribution in [1.29, 1.82) is 5.26 Å². The number of carbonyl (C=O) groups is 1. The van der Waals surface area contributed by atoms with Crippen LogP contribution in [0, 0.1) is 11.3 Å². The number of methoxy groups -OCH3 is 1. The second kappa shape index (κ2) is 12.8. The normalized spacial score (nSPS) is 16.4. The molecule has 5 rings (SSSR count). The molecule has 0 aliphatic heterocycles. The van der Waals surface area contributed by atoms with Gasteiger partial charge in [0.25, 0.3) is 0 Å². The molecule has 1 aliphatic carbocycles. The van der Waals surface area contributed by atoms with Crippen molar-refractivity contribution >= 4 is 17.5 Å². The number of nitrogens with one attached hydrogen (secondary N) is 2. The minimum Gasteiger partial charge on any atom is -0.497 e. The zero-order chi connectivity index (χ0) is 27.7. The third-order valence-corrected chi connectivity index (χ3v) is 7.38. The van der Waals surface area contributed by atoms with Gasteiger partial charge in [-0.05, 0) is 78.8 Å². The molecule has 0 atom stereocenters. The summed E-state index contributed by atoms with van der Waals surface area (Å²) in [4.78, 5) is 19.9. The van der Waals surface area contributed by atoms with Crippen LogP contribution >= 0.6 is 0 Å². The fraction of sp³-hybridized carbons (Fsp3) is 0.242. The Morgan fingerprint density at radius 3 is 2.20 bits per heavy atom. The van der Waals surface area contributed by atoms with E-state index >= 15 is 0 Å². The van der Waals surface area contributed by atoms with Gasteiger partial charge in [0.2, 0.25) is 0 Å². The lowest BCUT2D eigenvalue weighted by Gasteiger charge is -2.37. The van der Waals surface area contributed by atoms with Gasteiger partial charge in [-0.3, -0.25) is 4.90 Å². The van der Waals surface area contributed by atoms with Gasteiger partial charge in [-0.15, -0.1) is 0 Å². The van der Waals surface area contributed by atoms with Gasteiger partial charge in [-0.1, -0.05) is 54.6 Å². The van der Waals surface area contributed by atoms with Gasteiger partial charge >= 0.3 is 6.03 Å². The summed E-state index contributed by atoms with van der Waals surface area (Å²) in [5, 5.41) is 15.6. The number of amides is 2. The minimum absolute atomic E-state index is 0.0783. The summed E-state index contributed by atoms with van der Waals surface area (Å²) in [6.07, 6.45) is 5.15. The van der Waals surface area contributed by atoms with Crippen molar-refractivity contribution in [2.24, 2.45) is 0 Å². The number of pyridine rings is 1. The van der Waals surface area contributed by atoms with E-state index in [-0.39, 0.29) is 18.1 Å². The maximum absolute atomic E-state index is 13.6. The Balaban J connectivity index is 1.30. The van der Waals surface area contributed by atoms with Gasteiger partial charge < -0.3 is 15.4 Å². The SMILES string of the molecule is COc1ccc(-c2ccc(N(C(=O)NCc3ccccc3)C3CCC(Nc4ccc(C#N)cn4)CC3)cc2)cc1. The van der Waals surface area contributed by atoms with Crippen LogP contribution in [0.15, 0.2) is 97.2 Å². The molecule has 2 amide bonds. The summed E-state index contributed by atoms with van der Waals surface area (Å²) in [5.74, 6) is 1.59. The molecular formula is C33H33N5O2. The van der Waals surface area contributed by atoms with Crippen LogP contribution in [0.2, 0.25) is 0 Å². The Bertz CT molecular complexity index is 1420. The molecule has 0 spiro atoms. The van der Waals surface area contributed by atoms with Crippen LogP contribution in [-0.4, -0.2) is 30.2 Å². The van der Waals surface area contributed by atoms with Crippen molar-refractivity contribution in [2.75, 3.05) is 17.3 Å². The Morgan fingerprint density at radius 1 is 0.925 bits per heavy atom. The van der Waals surface area contributed by atoms with E-state index in [1.807, 2.05) is 77.7 Å². The molecule has 1 aromatic heterocycles. The number of nitrogens with zero attached hydrogens (tertiary/aromatic N) is 3. The van der Waals surface area contributed by atoms with Crippen LogP contribution < -0.4 is 20.3 Å². The Morgan fingerprint density at radius 2 is 1.60 bits per heavy atom. The Kier molecular flexibility index (Phi) is 8.57. The van der Waals surface area contributed by atoms with E-state index in [0.717, 1.165) is 59.6 Å². The molecule has 7 heteroatoms. The van der Waals surface area contributed by atoms with Crippen molar-refractivity contribution < 1.29 is 9.53 Å². The van der Waals surface area contributed by atoms with E-state index in [4.69, 9.17) is 10.00 Å². The highest BCUT2D eigenvalue weighted by Gasteiger charge is 2.30. The molecule has 3 aromatic carbocycles. The van der Waals surface area contributed by atoms with Crippen LogP contribution in [0.25, 0.3) is 11.1 Å². The largest absolute Gasteiger partial charge is 0.497 e. The minimum atomic E-state index is -0.0915. The summed E-state index contributed by atoms with van der Waals surface area (Å²) < 4.78 is 5.28. The first-order valence-electron chi connectivity index (χ1n) is 13.6. The number of nitriles is 1. The summed E-state index contributed by atoms with van der Waals surface area (Å²) in [6.45, 7) is 0.474. The highest BCUT2D eigenvalue weighted by atomic mass is 16.5. The molecule has 1 aliphatic rings. The molecule has 4 aromatic rings. The van der Waals surface area contributed by atoms with Crippen LogP contribution in [0.1, 0.15) is 36.8 Å². The van der Waals surface area contributed by atoms with Crippen molar-refractivity contribution in [3.63, 3.8) is 0 Å². The zero-order valence-electron chi connectivity index (χ0n) is 22.6. The molecular weight excluding hydrogens is 498 g/mol. The number of carbonyl (C=O) groups excluding carboxylic acids is 1. The lowest BCUT2D eigenvalue weighted by atomic mass is 9.89. The van der Waals surface area contributed by atoms with E-state index in [2.05, 4.69) is 33.8 Å². The Hall–Kier alpha value is -4.83. The van der Waals surface area contributed by atoms with E-state index in [1.54, 1.807) is 19.4 Å². The quantitative estimate of drug-likeness (QED) is 0.262. The van der Waals surface area contributed by atoms with Crippen molar-refractivity contribution in [3.05, 3.63) is 108 Å². The molecule has 0 bridgehead atoms. The summed E-state index contributed by atoms with van der Waals surface area (Å²) in [7, 11) is 1.66. The molecule has 0 saturated heterocycles. The number of benzene rings is 3. The standard InChI is InChI=1S/C33H33N5O2/c1-40-31-18-10-27(11-19-31)26-8-14-29(15-9-26)38(33(39)36-22-24-5-3-2-4-6-24)30-16-12-28(13-17-30)37-32-20-7-25(21-34)23-35-32/h2-11,14-15,18-20,23,28,30H,12-13,16-17,22H2,1H3,(H,35,37)(H,36,39). The smallest absolute Gasteiger partial charge is 0.322 e. The first-order chi connectivity index (χ1) is 19.6. The number of hydrogen-bond acceptors (Lipinski definition) is 5. The van der Waals surface area contributed by atoms with Gasteiger partial charge in [-0.25, -0.2) is 9.78 Å². The van der Waals surface area contributed by atoms with Gasteiger partial charge in [0.15, 0.2) is 0 Å². The third-order valence-electron chi connectivity index (χ3n) is 7.38. The van der Waals surface area contributed by atoms with E-state index in [1.165, 1.54) is 0 Å². The van der Waals surface area contributed by atoms with Crippen molar-refractivity contribution in [1.82, 2.24) is 10.3 Å². The second-order valence-corrected chi connectivity index (χ2v) is 9.98. The molecule has 40 heavy (non-hydrogen) atoms. The molecule has 1 heterocycles. The molecule has 2 N–H and O–H groups in total. The summed E-state index contributed by atoms with van der Waals surface area (Å²) in [6, 6.07) is 32.1. The molecule has 0 radical (unpaired) electrons. The number of urea groups is 1. The number of hydrogen-bond donors (Lipinski definition) is 2. The maximum atomic E-state index is 13.6. The molecule has 202 valence electrons. The summed E-state index contributed by atoms with van der Waals surface area (Å²) in [5.41, 5.74) is 4.67. The lowest BCUT2D eigenvalue weighted by molar-refractivity contribution is 0.240. The van der Waals surface area contributed by atoms with Crippen LogP contribution in [-0.2, 0) is 6.54 Å². The lowest BCUT2D eigenvalue weighted by Crippen LogP contribution is -2.48. The van der Waals surface area contributed by atoms with E-state index in [0.29, 0.717) is 12.1 Å². The third kappa shape index (κ3) is 6.59. The van der Waals surface area contributed by atoms with Crippen LogP contribution in [0.3, 0.4) is 0 Å². The van der Waals surface area contributed by atoms with Crippen LogP contribution in [0.4, 0.5) is 16.3 Å². The number of ether oxygens (including phenoxy) is 1. The van der Waals surface area contributed by atoms with Gasteiger partial charge in [0.05, 0.1) is 12.7 Å². The van der Waals surface area contributed by atoms with Crippen LogP contribution in [0.5, 0.6) is 5.75 Å². The maximum Gasteiger partial charge on any atom is 0.322 e. The number of aromatic nitrogens is 1. The zero-order valence-corrected chi connectivity index (χ0v) is 22.6. The van der Waals surface area contributed by atoms with Gasteiger partial charge in [0, 0.05) is 30.5 Å². The van der Waals surface area contributed by atoms with Crippen molar-refractivity contribution in [2.45, 2.75) is 44.3 Å². The van der Waals surface area contributed by atoms with Gasteiger partial charge in [-0.2, -0.15) is 5.26 Å². The number of rotatable bonds is 8. The Labute approximate surface area is 235 Å². The average Bonchev–Trinajstić information content (AvgIpc) is 3.02.